The zero-order valence-corrected chi connectivity index (χ0v) is 19.3. The molecule has 1 aliphatic rings. The number of fused-ring (bicyclic) bond motifs is 1. The molecule has 3 aromatic rings. The van der Waals surface area contributed by atoms with E-state index in [0.29, 0.717) is 16.9 Å². The van der Waals surface area contributed by atoms with Crippen molar-refractivity contribution in [1.29, 1.82) is 0 Å². The summed E-state index contributed by atoms with van der Waals surface area (Å²) in [6.45, 7) is 0.290. The van der Waals surface area contributed by atoms with E-state index in [-0.39, 0.29) is 10.9 Å². The van der Waals surface area contributed by atoms with Crippen molar-refractivity contribution in [3.63, 3.8) is 0 Å². The van der Waals surface area contributed by atoms with Crippen molar-refractivity contribution in [2.75, 3.05) is 7.05 Å². The topological polar surface area (TPSA) is 71.7 Å². The molecule has 0 aliphatic heterocycles. The number of amides is 1. The highest BCUT2D eigenvalue weighted by molar-refractivity contribution is 9.10. The lowest BCUT2D eigenvalue weighted by Gasteiger charge is -2.16. The van der Waals surface area contributed by atoms with Gasteiger partial charge in [0.15, 0.2) is 4.80 Å². The van der Waals surface area contributed by atoms with Gasteiger partial charge in [0, 0.05) is 23.1 Å². The average Bonchev–Trinajstić information content (AvgIpc) is 3.52. The third-order valence-corrected chi connectivity index (χ3v) is 8.39. The first kappa shape index (κ1) is 21.0. The predicted octanol–water partition coefficient (Wildman–Crippen LogP) is 3.62. The molecule has 2 aromatic carbocycles. The molecule has 0 bridgehead atoms. The third kappa shape index (κ3) is 4.01. The molecule has 6 nitrogen and oxygen atoms in total. The Kier molecular flexibility index (Phi) is 5.68. The maximum atomic E-state index is 12.7. The number of aromatic nitrogens is 1. The quantitative estimate of drug-likeness (QED) is 0.499. The molecule has 1 aromatic heterocycles. The van der Waals surface area contributed by atoms with Crippen LogP contribution in [0.15, 0.2) is 56.8 Å². The van der Waals surface area contributed by atoms with E-state index >= 15 is 0 Å². The molecule has 1 saturated carbocycles. The number of thiazole rings is 1. The van der Waals surface area contributed by atoms with Crippen LogP contribution in [0.2, 0.25) is 0 Å². The number of benzene rings is 2. The van der Waals surface area contributed by atoms with Gasteiger partial charge in [0.05, 0.1) is 21.7 Å². The highest BCUT2D eigenvalue weighted by Gasteiger charge is 2.35. The number of halogens is 1. The Morgan fingerprint density at radius 2 is 2.00 bits per heavy atom. The molecular formula is C21H18BrN3O3S2. The van der Waals surface area contributed by atoms with Crippen LogP contribution in [0, 0.1) is 12.3 Å². The third-order valence-electron chi connectivity index (χ3n) is 4.93. The van der Waals surface area contributed by atoms with Crippen molar-refractivity contribution in [2.24, 2.45) is 4.99 Å². The first-order chi connectivity index (χ1) is 14.3. The molecule has 154 valence electrons. The first-order valence-electron chi connectivity index (χ1n) is 9.21. The number of nitrogens with zero attached hydrogens (tertiary/aromatic N) is 3. The van der Waals surface area contributed by atoms with Crippen molar-refractivity contribution in [3.05, 3.63) is 57.3 Å². The standard InChI is InChI=1S/C21H18BrN3O3S2/c1-3-12-25-18-11-6-15(22)13-19(18)29-21(25)23-20(26)14-4-9-17(10-5-14)30(27,28)24(2)16-7-8-16/h1,4-6,9-11,13,16H,7-8,12H2,2H3. The lowest BCUT2D eigenvalue weighted by molar-refractivity contribution is 0.0998. The Morgan fingerprint density at radius 1 is 1.30 bits per heavy atom. The lowest BCUT2D eigenvalue weighted by Crippen LogP contribution is -2.28. The van der Waals surface area contributed by atoms with Crippen LogP contribution in [-0.4, -0.2) is 36.3 Å². The number of carbonyl (C=O) groups excluding carboxylic acids is 1. The Hall–Kier alpha value is -2.25. The fraction of sp³-hybridized carbons (Fsp3) is 0.238. The van der Waals surface area contributed by atoms with E-state index in [9.17, 15) is 13.2 Å². The van der Waals surface area contributed by atoms with Crippen LogP contribution in [0.4, 0.5) is 0 Å². The number of sulfonamides is 1. The summed E-state index contributed by atoms with van der Waals surface area (Å²) in [6, 6.07) is 11.8. The highest BCUT2D eigenvalue weighted by atomic mass is 79.9. The second-order valence-electron chi connectivity index (χ2n) is 6.98. The molecule has 1 aliphatic carbocycles. The largest absolute Gasteiger partial charge is 0.305 e. The van der Waals surface area contributed by atoms with Crippen LogP contribution >= 0.6 is 27.3 Å². The van der Waals surface area contributed by atoms with Crippen molar-refractivity contribution >= 4 is 53.4 Å². The second kappa shape index (κ2) is 8.12. The van der Waals surface area contributed by atoms with Crippen molar-refractivity contribution < 1.29 is 13.2 Å². The van der Waals surface area contributed by atoms with E-state index in [4.69, 9.17) is 6.42 Å². The van der Waals surface area contributed by atoms with Crippen LogP contribution in [-0.2, 0) is 16.6 Å². The minimum Gasteiger partial charge on any atom is -0.305 e. The smallest absolute Gasteiger partial charge is 0.279 e. The molecule has 1 amide bonds. The summed E-state index contributed by atoms with van der Waals surface area (Å²) < 4.78 is 30.3. The molecule has 0 atom stereocenters. The minimum atomic E-state index is -3.55. The SMILES string of the molecule is C#CCn1c(=NC(=O)c2ccc(S(=O)(=O)N(C)C3CC3)cc2)sc2cc(Br)ccc21. The van der Waals surface area contributed by atoms with Gasteiger partial charge in [-0.2, -0.15) is 9.30 Å². The van der Waals surface area contributed by atoms with E-state index in [1.165, 1.54) is 39.9 Å². The Balaban J connectivity index is 1.68. The van der Waals surface area contributed by atoms with Gasteiger partial charge < -0.3 is 4.57 Å². The molecule has 0 spiro atoms. The summed E-state index contributed by atoms with van der Waals surface area (Å²) in [4.78, 5) is 17.7. The Labute approximate surface area is 187 Å². The maximum Gasteiger partial charge on any atom is 0.279 e. The highest BCUT2D eigenvalue weighted by Crippen LogP contribution is 2.30. The number of rotatable bonds is 5. The molecule has 0 N–H and O–H groups in total. The van der Waals surface area contributed by atoms with Crippen LogP contribution in [0.5, 0.6) is 0 Å². The lowest BCUT2D eigenvalue weighted by atomic mass is 10.2. The minimum absolute atomic E-state index is 0.0749. The zero-order valence-electron chi connectivity index (χ0n) is 16.1. The number of carbonyl (C=O) groups is 1. The number of hydrogen-bond acceptors (Lipinski definition) is 4. The second-order valence-corrected chi connectivity index (χ2v) is 10.9. The molecule has 0 radical (unpaired) electrons. The fourth-order valence-corrected chi connectivity index (χ4v) is 6.09. The van der Waals surface area contributed by atoms with Gasteiger partial charge in [-0.3, -0.25) is 4.79 Å². The molecule has 9 heteroatoms. The molecule has 1 heterocycles. The zero-order chi connectivity index (χ0) is 21.5. The number of terminal acetylenes is 1. The van der Waals surface area contributed by atoms with Crippen molar-refractivity contribution in [1.82, 2.24) is 8.87 Å². The van der Waals surface area contributed by atoms with E-state index in [1.807, 2.05) is 22.8 Å². The van der Waals surface area contributed by atoms with E-state index in [2.05, 4.69) is 26.8 Å². The van der Waals surface area contributed by atoms with Gasteiger partial charge in [0.2, 0.25) is 10.0 Å². The predicted molar refractivity (Wildman–Crippen MR) is 121 cm³/mol. The van der Waals surface area contributed by atoms with Gasteiger partial charge in [0.1, 0.15) is 0 Å². The molecular weight excluding hydrogens is 486 g/mol. The van der Waals surface area contributed by atoms with Gasteiger partial charge in [-0.15, -0.1) is 6.42 Å². The Bertz CT molecular complexity index is 1340. The molecule has 0 unspecified atom stereocenters. The maximum absolute atomic E-state index is 12.7. The summed E-state index contributed by atoms with van der Waals surface area (Å²) in [7, 11) is -1.96. The van der Waals surface area contributed by atoms with Gasteiger partial charge in [-0.25, -0.2) is 8.42 Å². The number of hydrogen-bond donors (Lipinski definition) is 0. The van der Waals surface area contributed by atoms with Crippen LogP contribution in [0.25, 0.3) is 10.2 Å². The molecule has 0 saturated heterocycles. The van der Waals surface area contributed by atoms with E-state index in [1.54, 1.807) is 7.05 Å². The van der Waals surface area contributed by atoms with E-state index in [0.717, 1.165) is 27.5 Å². The molecule has 4 rings (SSSR count). The van der Waals surface area contributed by atoms with Crippen LogP contribution in [0.3, 0.4) is 0 Å². The summed E-state index contributed by atoms with van der Waals surface area (Å²) in [6.07, 6.45) is 7.26. The van der Waals surface area contributed by atoms with Crippen molar-refractivity contribution in [3.8, 4) is 12.3 Å². The van der Waals surface area contributed by atoms with Gasteiger partial charge in [0.25, 0.3) is 5.91 Å². The normalized spacial score (nSPS) is 14.9. The van der Waals surface area contributed by atoms with E-state index < -0.39 is 15.9 Å². The summed E-state index contributed by atoms with van der Waals surface area (Å²) >= 11 is 4.82. The fourth-order valence-electron chi connectivity index (χ4n) is 3.10. The van der Waals surface area contributed by atoms with Gasteiger partial charge in [-0.1, -0.05) is 33.2 Å². The monoisotopic (exact) mass is 503 g/mol. The summed E-state index contributed by atoms with van der Waals surface area (Å²) in [5, 5.41) is 0. The first-order valence-corrected chi connectivity index (χ1v) is 12.3. The molecule has 1 fully saturated rings. The Morgan fingerprint density at radius 3 is 2.63 bits per heavy atom. The summed E-state index contributed by atoms with van der Waals surface area (Å²) in [5.74, 6) is 2.14. The van der Waals surface area contributed by atoms with Gasteiger partial charge >= 0.3 is 0 Å². The van der Waals surface area contributed by atoms with Crippen LogP contribution in [0.1, 0.15) is 23.2 Å². The van der Waals surface area contributed by atoms with Crippen molar-refractivity contribution in [2.45, 2.75) is 30.3 Å². The molecule has 30 heavy (non-hydrogen) atoms. The average molecular weight is 504 g/mol. The van der Waals surface area contributed by atoms with Gasteiger partial charge in [-0.05, 0) is 55.3 Å². The van der Waals surface area contributed by atoms with Crippen LogP contribution < -0.4 is 4.80 Å². The summed E-state index contributed by atoms with van der Waals surface area (Å²) in [5.41, 5.74) is 1.21.